The highest BCUT2D eigenvalue weighted by atomic mass is 79.9. The molecule has 21 heavy (non-hydrogen) atoms. The molecule has 2 rings (SSSR count). The van der Waals surface area contributed by atoms with E-state index in [-0.39, 0.29) is 6.04 Å². The molecular weight excluding hydrogens is 330 g/mol. The van der Waals surface area contributed by atoms with Crippen molar-refractivity contribution in [2.75, 3.05) is 6.61 Å². The number of benzene rings is 2. The Balaban J connectivity index is 2.07. The Morgan fingerprint density at radius 2 is 1.76 bits per heavy atom. The van der Waals surface area contributed by atoms with E-state index in [4.69, 9.17) is 15.2 Å². The predicted octanol–water partition coefficient (Wildman–Crippen LogP) is 5.05. The molecule has 0 radical (unpaired) electrons. The predicted molar refractivity (Wildman–Crippen MR) is 89.0 cm³/mol. The largest absolute Gasteiger partial charge is 0.494 e. The van der Waals surface area contributed by atoms with Crippen molar-refractivity contribution in [1.82, 2.24) is 0 Å². The van der Waals surface area contributed by atoms with Crippen molar-refractivity contribution in [1.29, 1.82) is 0 Å². The van der Waals surface area contributed by atoms with Crippen molar-refractivity contribution >= 4 is 15.9 Å². The molecule has 2 aromatic rings. The summed E-state index contributed by atoms with van der Waals surface area (Å²) >= 11 is 3.52. The summed E-state index contributed by atoms with van der Waals surface area (Å²) in [6, 6.07) is 13.5. The Kier molecular flexibility index (Phi) is 5.65. The van der Waals surface area contributed by atoms with Crippen LogP contribution in [0.1, 0.15) is 31.9 Å². The second-order valence-electron chi connectivity index (χ2n) is 4.90. The minimum Gasteiger partial charge on any atom is -0.494 e. The van der Waals surface area contributed by atoms with Crippen molar-refractivity contribution in [3.63, 3.8) is 0 Å². The van der Waals surface area contributed by atoms with Gasteiger partial charge in [-0.05, 0) is 71.2 Å². The molecule has 0 bridgehead atoms. The Labute approximate surface area is 134 Å². The molecule has 112 valence electrons. The van der Waals surface area contributed by atoms with Crippen LogP contribution in [0.5, 0.6) is 17.2 Å². The standard InChI is InChI=1S/C17H20BrNO2/c1-3-10-20-14-5-7-15(8-6-14)21-17-9-4-13(12(2)19)11-16(17)18/h4-9,11-12H,3,10,19H2,1-2H3. The molecule has 0 heterocycles. The second-order valence-corrected chi connectivity index (χ2v) is 5.75. The van der Waals surface area contributed by atoms with Crippen LogP contribution in [0.25, 0.3) is 0 Å². The molecule has 0 aliphatic heterocycles. The van der Waals surface area contributed by atoms with Gasteiger partial charge in [0, 0.05) is 6.04 Å². The fourth-order valence-corrected chi connectivity index (χ4v) is 2.31. The van der Waals surface area contributed by atoms with Gasteiger partial charge in [-0.15, -0.1) is 0 Å². The fourth-order valence-electron chi connectivity index (χ4n) is 1.83. The number of ether oxygens (including phenoxy) is 2. The summed E-state index contributed by atoms with van der Waals surface area (Å²) in [5.41, 5.74) is 6.93. The molecule has 0 aliphatic carbocycles. The highest BCUT2D eigenvalue weighted by Crippen LogP contribution is 2.32. The van der Waals surface area contributed by atoms with Gasteiger partial charge >= 0.3 is 0 Å². The minimum absolute atomic E-state index is 0.00495. The fraction of sp³-hybridized carbons (Fsp3) is 0.294. The summed E-state index contributed by atoms with van der Waals surface area (Å²) in [6.07, 6.45) is 0.997. The molecule has 4 heteroatoms. The number of halogens is 1. The molecule has 0 amide bonds. The third kappa shape index (κ3) is 4.48. The van der Waals surface area contributed by atoms with E-state index in [0.29, 0.717) is 0 Å². The summed E-state index contributed by atoms with van der Waals surface area (Å²) in [5, 5.41) is 0. The molecule has 3 nitrogen and oxygen atoms in total. The van der Waals surface area contributed by atoms with E-state index in [0.717, 1.165) is 40.3 Å². The van der Waals surface area contributed by atoms with Crippen molar-refractivity contribution in [3.05, 3.63) is 52.5 Å². The third-order valence-corrected chi connectivity index (χ3v) is 3.63. The molecular formula is C17H20BrNO2. The summed E-state index contributed by atoms with van der Waals surface area (Å²) < 4.78 is 12.3. The van der Waals surface area contributed by atoms with Crippen molar-refractivity contribution in [2.45, 2.75) is 26.3 Å². The Hall–Kier alpha value is -1.52. The summed E-state index contributed by atoms with van der Waals surface area (Å²) in [5.74, 6) is 2.39. The van der Waals surface area contributed by atoms with Crippen LogP contribution in [0.4, 0.5) is 0 Å². The van der Waals surface area contributed by atoms with E-state index >= 15 is 0 Å². The van der Waals surface area contributed by atoms with Gasteiger partial charge in [-0.1, -0.05) is 13.0 Å². The van der Waals surface area contributed by atoms with E-state index in [2.05, 4.69) is 22.9 Å². The van der Waals surface area contributed by atoms with Crippen LogP contribution in [0.3, 0.4) is 0 Å². The first kappa shape index (κ1) is 15.9. The number of nitrogens with two attached hydrogens (primary N) is 1. The van der Waals surface area contributed by atoms with Gasteiger partial charge in [-0.3, -0.25) is 0 Å². The van der Waals surface area contributed by atoms with Gasteiger partial charge < -0.3 is 15.2 Å². The maximum Gasteiger partial charge on any atom is 0.141 e. The molecule has 0 aliphatic rings. The van der Waals surface area contributed by atoms with E-state index in [1.54, 1.807) is 0 Å². The number of rotatable bonds is 6. The first-order valence-corrected chi connectivity index (χ1v) is 7.85. The van der Waals surface area contributed by atoms with Crippen LogP contribution in [0.2, 0.25) is 0 Å². The SMILES string of the molecule is CCCOc1ccc(Oc2ccc(C(C)N)cc2Br)cc1. The first-order valence-electron chi connectivity index (χ1n) is 7.06. The normalized spacial score (nSPS) is 12.0. The van der Waals surface area contributed by atoms with Crippen molar-refractivity contribution in [2.24, 2.45) is 5.73 Å². The van der Waals surface area contributed by atoms with Gasteiger partial charge in [0.25, 0.3) is 0 Å². The lowest BCUT2D eigenvalue weighted by atomic mass is 10.1. The maximum atomic E-state index is 5.87. The zero-order valence-electron chi connectivity index (χ0n) is 12.3. The van der Waals surface area contributed by atoms with Gasteiger partial charge in [0.15, 0.2) is 0 Å². The van der Waals surface area contributed by atoms with E-state index in [1.807, 2.05) is 49.4 Å². The molecule has 0 saturated heterocycles. The van der Waals surface area contributed by atoms with Gasteiger partial charge in [-0.25, -0.2) is 0 Å². The Morgan fingerprint density at radius 1 is 1.10 bits per heavy atom. The lowest BCUT2D eigenvalue weighted by molar-refractivity contribution is 0.317. The molecule has 2 aromatic carbocycles. The molecule has 1 unspecified atom stereocenters. The van der Waals surface area contributed by atoms with Crippen molar-refractivity contribution < 1.29 is 9.47 Å². The highest BCUT2D eigenvalue weighted by molar-refractivity contribution is 9.10. The molecule has 1 atom stereocenters. The highest BCUT2D eigenvalue weighted by Gasteiger charge is 2.07. The molecule has 2 N–H and O–H groups in total. The van der Waals surface area contributed by atoms with Crippen LogP contribution in [0.15, 0.2) is 46.9 Å². The van der Waals surface area contributed by atoms with Crippen LogP contribution in [-0.4, -0.2) is 6.61 Å². The lowest BCUT2D eigenvalue weighted by Crippen LogP contribution is -2.04. The molecule has 0 saturated carbocycles. The van der Waals surface area contributed by atoms with Crippen LogP contribution < -0.4 is 15.2 Å². The topological polar surface area (TPSA) is 44.5 Å². The van der Waals surface area contributed by atoms with Crippen molar-refractivity contribution in [3.8, 4) is 17.2 Å². The summed E-state index contributed by atoms with van der Waals surface area (Å²) in [4.78, 5) is 0. The van der Waals surface area contributed by atoms with E-state index in [9.17, 15) is 0 Å². The Morgan fingerprint density at radius 3 is 2.33 bits per heavy atom. The smallest absolute Gasteiger partial charge is 0.141 e. The van der Waals surface area contributed by atoms with E-state index in [1.165, 1.54) is 0 Å². The van der Waals surface area contributed by atoms with Gasteiger partial charge in [0.05, 0.1) is 11.1 Å². The zero-order chi connectivity index (χ0) is 15.2. The molecule has 0 fully saturated rings. The Bertz CT molecular complexity index is 582. The van der Waals surface area contributed by atoms with Gasteiger partial charge in [0.2, 0.25) is 0 Å². The third-order valence-electron chi connectivity index (χ3n) is 3.01. The number of hydrogen-bond acceptors (Lipinski definition) is 3. The summed E-state index contributed by atoms with van der Waals surface area (Å²) in [6.45, 7) is 4.77. The quantitative estimate of drug-likeness (QED) is 0.793. The first-order chi connectivity index (χ1) is 10.1. The lowest BCUT2D eigenvalue weighted by Gasteiger charge is -2.12. The molecule has 0 spiro atoms. The average molecular weight is 350 g/mol. The molecule has 0 aromatic heterocycles. The van der Waals surface area contributed by atoms with Gasteiger partial charge in [-0.2, -0.15) is 0 Å². The van der Waals surface area contributed by atoms with E-state index < -0.39 is 0 Å². The number of hydrogen-bond donors (Lipinski definition) is 1. The van der Waals surface area contributed by atoms with Gasteiger partial charge in [0.1, 0.15) is 17.2 Å². The zero-order valence-corrected chi connectivity index (χ0v) is 13.9. The van der Waals surface area contributed by atoms with Crippen LogP contribution >= 0.6 is 15.9 Å². The maximum absolute atomic E-state index is 5.87. The monoisotopic (exact) mass is 349 g/mol. The summed E-state index contributed by atoms with van der Waals surface area (Å²) in [7, 11) is 0. The second kappa shape index (κ2) is 7.48. The van der Waals surface area contributed by atoms with Crippen LogP contribution in [0, 0.1) is 0 Å². The minimum atomic E-state index is 0.00495. The average Bonchev–Trinajstić information content (AvgIpc) is 2.48. The van der Waals surface area contributed by atoms with Crippen LogP contribution in [-0.2, 0) is 0 Å².